The molecular formula is C15H21ClFNO. The summed E-state index contributed by atoms with van der Waals surface area (Å²) in [4.78, 5) is 0. The summed E-state index contributed by atoms with van der Waals surface area (Å²) < 4.78 is 18.6. The second-order valence-corrected chi connectivity index (χ2v) is 5.59. The van der Waals surface area contributed by atoms with Crippen LogP contribution in [-0.2, 0) is 0 Å². The number of rotatable bonds is 6. The lowest BCUT2D eigenvalue weighted by Crippen LogP contribution is -2.19. The van der Waals surface area contributed by atoms with E-state index in [1.54, 1.807) is 19.2 Å². The van der Waals surface area contributed by atoms with Crippen molar-refractivity contribution in [3.8, 4) is 5.75 Å². The summed E-state index contributed by atoms with van der Waals surface area (Å²) in [7, 11) is 1.65. The second kappa shape index (κ2) is 6.10. The normalized spacial score (nSPS) is 24.7. The SMILES string of the molecule is COc1ccc(F)cc1C1CC1CNCC1CC1.Cl. The quantitative estimate of drug-likeness (QED) is 0.865. The van der Waals surface area contributed by atoms with Gasteiger partial charge in [-0.25, -0.2) is 4.39 Å². The fourth-order valence-electron chi connectivity index (χ4n) is 2.64. The molecule has 19 heavy (non-hydrogen) atoms. The van der Waals surface area contributed by atoms with E-state index < -0.39 is 0 Å². The largest absolute Gasteiger partial charge is 0.496 e. The van der Waals surface area contributed by atoms with Crippen LogP contribution in [0.3, 0.4) is 0 Å². The third-order valence-corrected chi connectivity index (χ3v) is 4.05. The Bertz CT molecular complexity index is 436. The van der Waals surface area contributed by atoms with Crippen LogP contribution in [0.5, 0.6) is 5.75 Å². The minimum atomic E-state index is -0.164. The highest BCUT2D eigenvalue weighted by Crippen LogP contribution is 2.50. The van der Waals surface area contributed by atoms with E-state index in [4.69, 9.17) is 4.74 Å². The number of benzene rings is 1. The molecule has 2 aliphatic carbocycles. The molecule has 0 spiro atoms. The van der Waals surface area contributed by atoms with Crippen molar-refractivity contribution in [1.29, 1.82) is 0 Å². The van der Waals surface area contributed by atoms with E-state index in [9.17, 15) is 4.39 Å². The molecule has 0 radical (unpaired) electrons. The van der Waals surface area contributed by atoms with E-state index in [1.165, 1.54) is 18.9 Å². The molecule has 1 N–H and O–H groups in total. The van der Waals surface area contributed by atoms with Crippen molar-refractivity contribution < 1.29 is 9.13 Å². The van der Waals surface area contributed by atoms with Crippen molar-refractivity contribution in [3.63, 3.8) is 0 Å². The molecule has 0 bridgehead atoms. The van der Waals surface area contributed by atoms with Crippen LogP contribution in [0.4, 0.5) is 4.39 Å². The first-order valence-electron chi connectivity index (χ1n) is 6.82. The van der Waals surface area contributed by atoms with Gasteiger partial charge in [-0.05, 0) is 68.3 Å². The molecule has 1 aromatic rings. The molecule has 106 valence electrons. The van der Waals surface area contributed by atoms with Gasteiger partial charge < -0.3 is 10.1 Å². The van der Waals surface area contributed by atoms with E-state index in [2.05, 4.69) is 5.32 Å². The fourth-order valence-corrected chi connectivity index (χ4v) is 2.64. The lowest BCUT2D eigenvalue weighted by Gasteiger charge is -2.08. The van der Waals surface area contributed by atoms with Gasteiger partial charge in [0.25, 0.3) is 0 Å². The zero-order valence-electron chi connectivity index (χ0n) is 11.2. The molecule has 2 nitrogen and oxygen atoms in total. The summed E-state index contributed by atoms with van der Waals surface area (Å²) in [6.45, 7) is 2.21. The highest BCUT2D eigenvalue weighted by atomic mass is 35.5. The molecular weight excluding hydrogens is 265 g/mol. The molecule has 4 heteroatoms. The van der Waals surface area contributed by atoms with E-state index in [0.717, 1.165) is 36.7 Å². The summed E-state index contributed by atoms with van der Waals surface area (Å²) in [5, 5.41) is 3.53. The highest BCUT2D eigenvalue weighted by molar-refractivity contribution is 5.85. The Morgan fingerprint density at radius 3 is 2.79 bits per heavy atom. The minimum absolute atomic E-state index is 0. The van der Waals surface area contributed by atoms with Crippen molar-refractivity contribution >= 4 is 12.4 Å². The van der Waals surface area contributed by atoms with Gasteiger partial charge in [-0.15, -0.1) is 12.4 Å². The first-order chi connectivity index (χ1) is 8.78. The van der Waals surface area contributed by atoms with Crippen molar-refractivity contribution in [2.75, 3.05) is 20.2 Å². The molecule has 0 aromatic heterocycles. The predicted octanol–water partition coefficient (Wildman–Crippen LogP) is 3.36. The van der Waals surface area contributed by atoms with Crippen molar-refractivity contribution in [2.24, 2.45) is 11.8 Å². The van der Waals surface area contributed by atoms with Crippen molar-refractivity contribution in [1.82, 2.24) is 5.32 Å². The van der Waals surface area contributed by atoms with Crippen LogP contribution >= 0.6 is 12.4 Å². The molecule has 2 aliphatic rings. The molecule has 2 atom stereocenters. The van der Waals surface area contributed by atoms with Gasteiger partial charge in [0.15, 0.2) is 0 Å². The van der Waals surface area contributed by atoms with Gasteiger partial charge in [-0.2, -0.15) is 0 Å². The van der Waals surface area contributed by atoms with Crippen LogP contribution < -0.4 is 10.1 Å². The van der Waals surface area contributed by atoms with Crippen LogP contribution in [0.1, 0.15) is 30.7 Å². The van der Waals surface area contributed by atoms with Crippen molar-refractivity contribution in [2.45, 2.75) is 25.2 Å². The molecule has 3 rings (SSSR count). The molecule has 0 amide bonds. The van der Waals surface area contributed by atoms with E-state index in [1.807, 2.05) is 0 Å². The molecule has 1 aromatic carbocycles. The van der Waals surface area contributed by atoms with Gasteiger partial charge in [0.2, 0.25) is 0 Å². The number of ether oxygens (including phenoxy) is 1. The minimum Gasteiger partial charge on any atom is -0.496 e. The Morgan fingerprint density at radius 2 is 2.11 bits per heavy atom. The molecule has 2 fully saturated rings. The lowest BCUT2D eigenvalue weighted by atomic mass is 10.1. The van der Waals surface area contributed by atoms with Crippen LogP contribution in [0.25, 0.3) is 0 Å². The topological polar surface area (TPSA) is 21.3 Å². The van der Waals surface area contributed by atoms with Crippen molar-refractivity contribution in [3.05, 3.63) is 29.6 Å². The summed E-state index contributed by atoms with van der Waals surface area (Å²) in [5.74, 6) is 2.71. The maximum absolute atomic E-state index is 13.3. The van der Waals surface area contributed by atoms with Crippen LogP contribution in [0.15, 0.2) is 18.2 Å². The first-order valence-corrected chi connectivity index (χ1v) is 6.82. The second-order valence-electron chi connectivity index (χ2n) is 5.59. The molecule has 2 saturated carbocycles. The predicted molar refractivity (Wildman–Crippen MR) is 76.6 cm³/mol. The van der Waals surface area contributed by atoms with Crippen LogP contribution in [0.2, 0.25) is 0 Å². The standard InChI is InChI=1S/C15H20FNO.ClH/c1-18-15-5-4-12(16)7-14(15)13-6-11(13)9-17-8-10-2-3-10;/h4-5,7,10-11,13,17H,2-3,6,8-9H2,1H3;1H. The van der Waals surface area contributed by atoms with E-state index in [0.29, 0.717) is 11.8 Å². The average molecular weight is 286 g/mol. The first kappa shape index (κ1) is 14.6. The number of methoxy groups -OCH3 is 1. The number of hydrogen-bond acceptors (Lipinski definition) is 2. The maximum atomic E-state index is 13.3. The van der Waals surface area contributed by atoms with Crippen LogP contribution in [0, 0.1) is 17.7 Å². The lowest BCUT2D eigenvalue weighted by molar-refractivity contribution is 0.407. The van der Waals surface area contributed by atoms with Gasteiger partial charge in [0.1, 0.15) is 11.6 Å². The van der Waals surface area contributed by atoms with Gasteiger partial charge in [-0.1, -0.05) is 0 Å². The third kappa shape index (κ3) is 3.61. The van der Waals surface area contributed by atoms with E-state index >= 15 is 0 Å². The Labute approximate surface area is 120 Å². The van der Waals surface area contributed by atoms with Gasteiger partial charge in [0.05, 0.1) is 7.11 Å². The molecule has 0 saturated heterocycles. The maximum Gasteiger partial charge on any atom is 0.123 e. The Balaban J connectivity index is 0.00000133. The van der Waals surface area contributed by atoms with Gasteiger partial charge >= 0.3 is 0 Å². The van der Waals surface area contributed by atoms with Crippen LogP contribution in [-0.4, -0.2) is 20.2 Å². The monoisotopic (exact) mass is 285 g/mol. The van der Waals surface area contributed by atoms with Gasteiger partial charge in [0, 0.05) is 5.56 Å². The van der Waals surface area contributed by atoms with Gasteiger partial charge in [-0.3, -0.25) is 0 Å². The highest BCUT2D eigenvalue weighted by Gasteiger charge is 2.39. The molecule has 0 heterocycles. The summed E-state index contributed by atoms with van der Waals surface area (Å²) in [5.41, 5.74) is 1.04. The van der Waals surface area contributed by atoms with E-state index in [-0.39, 0.29) is 18.2 Å². The summed E-state index contributed by atoms with van der Waals surface area (Å²) >= 11 is 0. The Hall–Kier alpha value is -0.800. The zero-order valence-corrected chi connectivity index (χ0v) is 12.0. The summed E-state index contributed by atoms with van der Waals surface area (Å²) in [6.07, 6.45) is 3.93. The molecule has 2 unspecified atom stereocenters. The molecule has 0 aliphatic heterocycles. The Kier molecular flexibility index (Phi) is 4.69. The number of halogens is 2. The third-order valence-electron chi connectivity index (χ3n) is 4.05. The zero-order chi connectivity index (χ0) is 12.5. The number of nitrogens with one attached hydrogen (secondary N) is 1. The summed E-state index contributed by atoms with van der Waals surface area (Å²) in [6, 6.07) is 4.83. The Morgan fingerprint density at radius 1 is 1.32 bits per heavy atom. The number of hydrogen-bond donors (Lipinski definition) is 1. The fraction of sp³-hybridized carbons (Fsp3) is 0.600. The average Bonchev–Trinajstić information content (AvgIpc) is 3.24. The smallest absolute Gasteiger partial charge is 0.123 e.